The van der Waals surface area contributed by atoms with Crippen LogP contribution < -0.4 is 15.4 Å². The van der Waals surface area contributed by atoms with E-state index in [1.54, 1.807) is 13.2 Å². The van der Waals surface area contributed by atoms with Gasteiger partial charge in [-0.25, -0.2) is 0 Å². The van der Waals surface area contributed by atoms with Gasteiger partial charge in [-0.1, -0.05) is 36.4 Å². The van der Waals surface area contributed by atoms with Crippen molar-refractivity contribution >= 4 is 33.6 Å². The Hall–Kier alpha value is -4.76. The summed E-state index contributed by atoms with van der Waals surface area (Å²) in [6.07, 6.45) is 6.13. The van der Waals surface area contributed by atoms with Crippen molar-refractivity contribution in [2.75, 3.05) is 26.7 Å². The van der Waals surface area contributed by atoms with E-state index in [-0.39, 0.29) is 24.1 Å². The summed E-state index contributed by atoms with van der Waals surface area (Å²) in [4.78, 5) is 35.5. The third kappa shape index (κ3) is 6.36. The molecule has 0 unspecified atom stereocenters. The number of aromatic nitrogens is 2. The number of aromatic amines is 2. The predicted molar refractivity (Wildman–Crippen MR) is 167 cm³/mol. The Bertz CT molecular complexity index is 1730. The predicted octanol–water partition coefficient (Wildman–Crippen LogP) is 4.59. The first-order valence-corrected chi connectivity index (χ1v) is 14.7. The summed E-state index contributed by atoms with van der Waals surface area (Å²) in [6, 6.07) is 20.2. The molecule has 1 atom stereocenters. The van der Waals surface area contributed by atoms with Gasteiger partial charge in [-0.3, -0.25) is 14.5 Å². The molecule has 0 saturated carbocycles. The molecule has 0 spiro atoms. The number of amides is 2. The molecule has 9 heteroatoms. The number of piperidine rings is 1. The molecule has 1 aliphatic heterocycles. The number of phenolic OH excluding ortho intramolecular Hbond substituents is 1. The van der Waals surface area contributed by atoms with Gasteiger partial charge in [-0.15, -0.1) is 0 Å². The van der Waals surface area contributed by atoms with Gasteiger partial charge in [0.1, 0.15) is 17.5 Å². The number of benzene rings is 3. The van der Waals surface area contributed by atoms with Crippen LogP contribution in [-0.4, -0.2) is 64.6 Å². The zero-order valence-corrected chi connectivity index (χ0v) is 24.2. The Kier molecular flexibility index (Phi) is 8.33. The minimum atomic E-state index is -0.738. The number of hydrogen-bond acceptors (Lipinski definition) is 5. The molecule has 3 aromatic carbocycles. The molecule has 43 heavy (non-hydrogen) atoms. The standard InChI is InChI=1S/C34H37N5O4/c1-43-32-9-5-2-6-23(32)18-37-34(42)31(16-24-19-35-29-8-4-3-7-26(24)29)38-33(41)21-39-14-12-22(13-15-39)28-20-36-30-11-10-25(40)17-27(28)30/h2-11,17,19-20,22,31,35-36,40H,12-16,18,21H2,1H3,(H,37,42)(H,38,41)/t31-/m1/s1. The summed E-state index contributed by atoms with van der Waals surface area (Å²) in [5, 5.41) is 18.1. The third-order valence-electron chi connectivity index (χ3n) is 8.49. The summed E-state index contributed by atoms with van der Waals surface area (Å²) in [5.41, 5.74) is 5.05. The molecule has 1 aliphatic rings. The number of carbonyl (C=O) groups excluding carboxylic acids is 2. The molecule has 2 amide bonds. The highest BCUT2D eigenvalue weighted by Crippen LogP contribution is 2.34. The van der Waals surface area contributed by atoms with Crippen LogP contribution >= 0.6 is 0 Å². The second kappa shape index (κ2) is 12.6. The molecule has 0 aliphatic carbocycles. The maximum absolute atomic E-state index is 13.5. The van der Waals surface area contributed by atoms with Gasteiger partial charge in [0.15, 0.2) is 0 Å². The fraction of sp³-hybridized carbons (Fsp3) is 0.294. The molecule has 5 aromatic rings. The van der Waals surface area contributed by atoms with Crippen LogP contribution in [0.15, 0.2) is 79.1 Å². The Labute approximate surface area is 250 Å². The summed E-state index contributed by atoms with van der Waals surface area (Å²) in [5.74, 6) is 0.897. The van der Waals surface area contributed by atoms with Gasteiger partial charge in [0.2, 0.25) is 11.8 Å². The summed E-state index contributed by atoms with van der Waals surface area (Å²) in [7, 11) is 1.61. The van der Waals surface area contributed by atoms with Gasteiger partial charge < -0.3 is 30.4 Å². The van der Waals surface area contributed by atoms with Crippen molar-refractivity contribution in [2.45, 2.75) is 37.8 Å². The second-order valence-electron chi connectivity index (χ2n) is 11.2. The molecule has 222 valence electrons. The van der Waals surface area contributed by atoms with Crippen LogP contribution in [0.1, 0.15) is 35.4 Å². The van der Waals surface area contributed by atoms with Crippen LogP contribution in [0.4, 0.5) is 0 Å². The average molecular weight is 580 g/mol. The normalized spacial score (nSPS) is 15.0. The quantitative estimate of drug-likeness (QED) is 0.166. The van der Waals surface area contributed by atoms with E-state index in [4.69, 9.17) is 4.74 Å². The van der Waals surface area contributed by atoms with Crippen molar-refractivity contribution in [3.63, 3.8) is 0 Å². The van der Waals surface area contributed by atoms with Crippen molar-refractivity contribution in [2.24, 2.45) is 0 Å². The smallest absolute Gasteiger partial charge is 0.243 e. The number of phenols is 1. The van der Waals surface area contributed by atoms with Gasteiger partial charge in [0.05, 0.1) is 13.7 Å². The van der Waals surface area contributed by atoms with Crippen LogP contribution in [0.25, 0.3) is 21.8 Å². The first-order chi connectivity index (χ1) is 21.0. The van der Waals surface area contributed by atoms with Crippen molar-refractivity contribution in [1.82, 2.24) is 25.5 Å². The van der Waals surface area contributed by atoms with E-state index < -0.39 is 6.04 Å². The number of para-hydroxylation sites is 2. The number of rotatable bonds is 10. The monoisotopic (exact) mass is 579 g/mol. The lowest BCUT2D eigenvalue weighted by molar-refractivity contribution is -0.129. The number of aromatic hydroxyl groups is 1. The molecule has 6 rings (SSSR count). The number of H-pyrrole nitrogens is 2. The number of nitrogens with zero attached hydrogens (tertiary/aromatic N) is 1. The molecule has 1 fully saturated rings. The molecule has 0 radical (unpaired) electrons. The van der Waals surface area contributed by atoms with Crippen LogP contribution in [0, 0.1) is 0 Å². The Morgan fingerprint density at radius 2 is 1.70 bits per heavy atom. The van der Waals surface area contributed by atoms with Crippen molar-refractivity contribution in [3.8, 4) is 11.5 Å². The van der Waals surface area contributed by atoms with Crippen LogP contribution in [-0.2, 0) is 22.6 Å². The van der Waals surface area contributed by atoms with E-state index in [1.165, 1.54) is 5.56 Å². The molecule has 0 bridgehead atoms. The first-order valence-electron chi connectivity index (χ1n) is 14.7. The van der Waals surface area contributed by atoms with E-state index in [2.05, 4.69) is 25.5 Å². The van der Waals surface area contributed by atoms with Gasteiger partial charge in [-0.2, -0.15) is 0 Å². The van der Waals surface area contributed by atoms with Gasteiger partial charge >= 0.3 is 0 Å². The molecule has 2 aromatic heterocycles. The number of nitrogens with one attached hydrogen (secondary N) is 4. The number of likely N-dealkylation sites (tertiary alicyclic amines) is 1. The zero-order valence-electron chi connectivity index (χ0n) is 24.2. The minimum Gasteiger partial charge on any atom is -0.508 e. The van der Waals surface area contributed by atoms with Gasteiger partial charge in [0, 0.05) is 52.7 Å². The Balaban J connectivity index is 1.10. The van der Waals surface area contributed by atoms with Crippen LogP contribution in [0.2, 0.25) is 0 Å². The fourth-order valence-electron chi connectivity index (χ4n) is 6.20. The number of fused-ring (bicyclic) bond motifs is 2. The van der Waals surface area contributed by atoms with Gasteiger partial charge in [-0.05, 0) is 73.3 Å². The highest BCUT2D eigenvalue weighted by Gasteiger charge is 2.27. The summed E-state index contributed by atoms with van der Waals surface area (Å²) >= 11 is 0. The lowest BCUT2D eigenvalue weighted by Crippen LogP contribution is -2.51. The maximum atomic E-state index is 13.5. The Morgan fingerprint density at radius 3 is 2.53 bits per heavy atom. The lowest BCUT2D eigenvalue weighted by Gasteiger charge is -2.31. The van der Waals surface area contributed by atoms with E-state index in [1.807, 2.05) is 73.1 Å². The number of carbonyl (C=O) groups is 2. The van der Waals surface area contributed by atoms with Crippen LogP contribution in [0.3, 0.4) is 0 Å². The fourth-order valence-corrected chi connectivity index (χ4v) is 6.20. The zero-order chi connectivity index (χ0) is 29.8. The van der Waals surface area contributed by atoms with E-state index in [0.717, 1.165) is 58.9 Å². The molecular formula is C34H37N5O4. The first kappa shape index (κ1) is 28.4. The molecule has 9 nitrogen and oxygen atoms in total. The number of methoxy groups -OCH3 is 1. The highest BCUT2D eigenvalue weighted by atomic mass is 16.5. The molecular weight excluding hydrogens is 542 g/mol. The number of hydrogen-bond donors (Lipinski definition) is 5. The highest BCUT2D eigenvalue weighted by molar-refractivity contribution is 5.90. The number of ether oxygens (including phenoxy) is 1. The van der Waals surface area contributed by atoms with Crippen molar-refractivity contribution in [1.29, 1.82) is 0 Å². The Morgan fingerprint density at radius 1 is 0.953 bits per heavy atom. The van der Waals surface area contributed by atoms with E-state index >= 15 is 0 Å². The average Bonchev–Trinajstić information content (AvgIpc) is 3.64. The van der Waals surface area contributed by atoms with Crippen molar-refractivity contribution < 1.29 is 19.4 Å². The van der Waals surface area contributed by atoms with E-state index in [0.29, 0.717) is 24.6 Å². The topological polar surface area (TPSA) is 122 Å². The molecule has 5 N–H and O–H groups in total. The van der Waals surface area contributed by atoms with Gasteiger partial charge in [0.25, 0.3) is 0 Å². The minimum absolute atomic E-state index is 0.173. The lowest BCUT2D eigenvalue weighted by atomic mass is 9.89. The largest absolute Gasteiger partial charge is 0.508 e. The summed E-state index contributed by atoms with van der Waals surface area (Å²) < 4.78 is 5.43. The third-order valence-corrected chi connectivity index (χ3v) is 8.49. The van der Waals surface area contributed by atoms with Crippen LogP contribution in [0.5, 0.6) is 11.5 Å². The summed E-state index contributed by atoms with van der Waals surface area (Å²) in [6.45, 7) is 2.07. The molecule has 3 heterocycles. The second-order valence-corrected chi connectivity index (χ2v) is 11.2. The van der Waals surface area contributed by atoms with Crippen molar-refractivity contribution in [3.05, 3.63) is 95.8 Å². The molecule has 1 saturated heterocycles. The maximum Gasteiger partial charge on any atom is 0.243 e. The van der Waals surface area contributed by atoms with E-state index in [9.17, 15) is 14.7 Å². The SMILES string of the molecule is COc1ccccc1CNC(=O)[C@@H](Cc1c[nH]c2ccccc12)NC(=O)CN1CCC(c2c[nH]c3ccc(O)cc23)CC1.